The molecule has 2 rings (SSSR count). The third-order valence-electron chi connectivity index (χ3n) is 3.63. The van der Waals surface area contributed by atoms with E-state index in [2.05, 4.69) is 5.32 Å². The predicted octanol–water partition coefficient (Wildman–Crippen LogP) is 5.51. The number of hydrogen-bond acceptors (Lipinski definition) is 5. The minimum Gasteiger partial charge on any atom is -0.456 e. The Hall–Kier alpha value is -2.52. The Balaban J connectivity index is 2.27. The van der Waals surface area contributed by atoms with E-state index >= 15 is 0 Å². The first-order valence-corrected chi connectivity index (χ1v) is 8.09. The van der Waals surface area contributed by atoms with Gasteiger partial charge in [0.25, 0.3) is 5.69 Å². The average Bonchev–Trinajstić information content (AvgIpc) is 2.60. The van der Waals surface area contributed by atoms with Crippen molar-refractivity contribution in [2.24, 2.45) is 0 Å². The molecule has 0 aliphatic heterocycles. The van der Waals surface area contributed by atoms with Gasteiger partial charge in [-0.25, -0.2) is 0 Å². The molecule has 0 saturated carbocycles. The maximum absolute atomic E-state index is 12.7. The van der Waals surface area contributed by atoms with Gasteiger partial charge in [0.1, 0.15) is 17.2 Å². The normalized spacial score (nSPS) is 12.5. The van der Waals surface area contributed by atoms with Gasteiger partial charge in [0.15, 0.2) is 0 Å². The zero-order valence-electron chi connectivity index (χ0n) is 14.3. The third-order valence-corrected chi connectivity index (χ3v) is 3.93. The monoisotopic (exact) mass is 404 g/mol. The molecule has 10 heteroatoms. The fourth-order valence-corrected chi connectivity index (χ4v) is 2.32. The highest BCUT2D eigenvalue weighted by atomic mass is 35.5. The van der Waals surface area contributed by atoms with E-state index in [9.17, 15) is 23.3 Å². The molecule has 0 aromatic heterocycles. The molecule has 0 spiro atoms. The molecule has 27 heavy (non-hydrogen) atoms. The number of alkyl halides is 3. The number of methoxy groups -OCH3 is 1. The summed E-state index contributed by atoms with van der Waals surface area (Å²) in [5.41, 5.74) is -0.895. The van der Waals surface area contributed by atoms with E-state index in [1.807, 2.05) is 0 Å². The van der Waals surface area contributed by atoms with Gasteiger partial charge >= 0.3 is 6.18 Å². The van der Waals surface area contributed by atoms with Crippen LogP contribution in [0.5, 0.6) is 11.5 Å². The number of rotatable bonds is 7. The number of hydrogen-bond donors (Lipinski definition) is 1. The van der Waals surface area contributed by atoms with Gasteiger partial charge in [-0.3, -0.25) is 10.1 Å². The zero-order valence-corrected chi connectivity index (χ0v) is 15.1. The summed E-state index contributed by atoms with van der Waals surface area (Å²) in [4.78, 5) is 10.6. The molecule has 0 bridgehead atoms. The van der Waals surface area contributed by atoms with Crippen molar-refractivity contribution < 1.29 is 27.6 Å². The van der Waals surface area contributed by atoms with Gasteiger partial charge in [-0.05, 0) is 31.2 Å². The van der Waals surface area contributed by atoms with Crippen molar-refractivity contribution in [1.29, 1.82) is 0 Å². The number of nitro groups is 1. The van der Waals surface area contributed by atoms with E-state index in [-0.39, 0.29) is 34.0 Å². The summed E-state index contributed by atoms with van der Waals surface area (Å²) in [6.45, 7) is 2.09. The maximum atomic E-state index is 12.7. The smallest absolute Gasteiger partial charge is 0.416 e. The Bertz CT molecular complexity index is 830. The second-order valence-electron chi connectivity index (χ2n) is 5.61. The topological polar surface area (TPSA) is 73.6 Å². The third kappa shape index (κ3) is 5.48. The molecule has 0 aliphatic carbocycles. The summed E-state index contributed by atoms with van der Waals surface area (Å²) in [5, 5.41) is 13.8. The molecule has 0 aliphatic rings. The molecule has 1 atom stereocenters. The molecule has 0 fully saturated rings. The Kier molecular flexibility index (Phi) is 6.50. The van der Waals surface area contributed by atoms with Crippen molar-refractivity contribution in [3.63, 3.8) is 0 Å². The summed E-state index contributed by atoms with van der Waals surface area (Å²) in [5.74, 6) is 0.171. The van der Waals surface area contributed by atoms with Crippen molar-refractivity contribution in [2.45, 2.75) is 19.2 Å². The van der Waals surface area contributed by atoms with Crippen LogP contribution < -0.4 is 10.1 Å². The standard InChI is InChI=1S/C17H16ClF3N2O4/c1-10(26-2)9-22-14-8-12(4-5-15(14)23(24)25)27-16-6-3-11(7-13(16)18)17(19,20)21/h3-8,10,22H,9H2,1-2H3. The van der Waals surface area contributed by atoms with Crippen molar-refractivity contribution in [3.8, 4) is 11.5 Å². The van der Waals surface area contributed by atoms with E-state index in [4.69, 9.17) is 21.1 Å². The summed E-state index contributed by atoms with van der Waals surface area (Å²) < 4.78 is 48.7. The van der Waals surface area contributed by atoms with Crippen molar-refractivity contribution >= 4 is 23.0 Å². The van der Waals surface area contributed by atoms with Crippen LogP contribution in [0.25, 0.3) is 0 Å². The van der Waals surface area contributed by atoms with Gasteiger partial charge in [0.05, 0.1) is 21.6 Å². The summed E-state index contributed by atoms with van der Waals surface area (Å²) in [7, 11) is 1.51. The molecule has 6 nitrogen and oxygen atoms in total. The maximum Gasteiger partial charge on any atom is 0.416 e. The van der Waals surface area contributed by atoms with E-state index < -0.39 is 16.7 Å². The van der Waals surface area contributed by atoms with Crippen molar-refractivity contribution in [1.82, 2.24) is 0 Å². The predicted molar refractivity (Wildman–Crippen MR) is 94.6 cm³/mol. The summed E-state index contributed by atoms with van der Waals surface area (Å²) in [6.07, 6.45) is -4.72. The highest BCUT2D eigenvalue weighted by molar-refractivity contribution is 6.32. The van der Waals surface area contributed by atoms with Crippen LogP contribution in [-0.4, -0.2) is 24.7 Å². The van der Waals surface area contributed by atoms with Crippen LogP contribution in [0.15, 0.2) is 36.4 Å². The fourth-order valence-electron chi connectivity index (χ4n) is 2.10. The van der Waals surface area contributed by atoms with Crippen LogP contribution in [0, 0.1) is 10.1 Å². The van der Waals surface area contributed by atoms with Gasteiger partial charge in [0.2, 0.25) is 0 Å². The van der Waals surface area contributed by atoms with E-state index in [0.29, 0.717) is 6.54 Å². The fraction of sp³-hybridized carbons (Fsp3) is 0.294. The Morgan fingerprint density at radius 1 is 1.26 bits per heavy atom. The molecule has 2 aromatic carbocycles. The van der Waals surface area contributed by atoms with Crippen LogP contribution in [-0.2, 0) is 10.9 Å². The van der Waals surface area contributed by atoms with Gasteiger partial charge in [0, 0.05) is 25.8 Å². The molecular weight excluding hydrogens is 389 g/mol. The number of nitrogens with zero attached hydrogens (tertiary/aromatic N) is 1. The van der Waals surface area contributed by atoms with Gasteiger partial charge in [-0.2, -0.15) is 13.2 Å². The van der Waals surface area contributed by atoms with E-state index in [0.717, 1.165) is 18.2 Å². The number of nitro benzene ring substituents is 1. The minimum atomic E-state index is -4.52. The number of anilines is 1. The molecule has 0 amide bonds. The highest BCUT2D eigenvalue weighted by Gasteiger charge is 2.31. The lowest BCUT2D eigenvalue weighted by Crippen LogP contribution is -2.18. The summed E-state index contributed by atoms with van der Waals surface area (Å²) in [6, 6.07) is 6.61. The zero-order chi connectivity index (χ0) is 20.2. The molecular formula is C17H16ClF3N2O4. The number of ether oxygens (including phenoxy) is 2. The molecule has 1 N–H and O–H groups in total. The average molecular weight is 405 g/mol. The van der Waals surface area contributed by atoms with Crippen molar-refractivity contribution in [2.75, 3.05) is 19.0 Å². The molecule has 0 heterocycles. The van der Waals surface area contributed by atoms with Crippen LogP contribution in [0.4, 0.5) is 24.5 Å². The first-order valence-electron chi connectivity index (χ1n) is 7.71. The van der Waals surface area contributed by atoms with Crippen LogP contribution >= 0.6 is 11.6 Å². The summed E-state index contributed by atoms with van der Waals surface area (Å²) >= 11 is 5.86. The quantitative estimate of drug-likeness (QED) is 0.486. The number of halogens is 4. The van der Waals surface area contributed by atoms with Gasteiger partial charge in [-0.15, -0.1) is 0 Å². The first kappa shape index (κ1) is 20.8. The molecule has 0 saturated heterocycles. The van der Waals surface area contributed by atoms with Crippen LogP contribution in [0.1, 0.15) is 12.5 Å². The first-order chi connectivity index (χ1) is 12.6. The van der Waals surface area contributed by atoms with Crippen LogP contribution in [0.3, 0.4) is 0 Å². The number of benzene rings is 2. The SMILES string of the molecule is COC(C)CNc1cc(Oc2ccc(C(F)(F)F)cc2Cl)ccc1[N+](=O)[O-]. The molecule has 0 radical (unpaired) electrons. The molecule has 146 valence electrons. The lowest BCUT2D eigenvalue weighted by atomic mass is 10.2. The van der Waals surface area contributed by atoms with E-state index in [1.165, 1.54) is 25.3 Å². The van der Waals surface area contributed by atoms with Crippen molar-refractivity contribution in [3.05, 3.63) is 57.1 Å². The molecule has 2 aromatic rings. The highest BCUT2D eigenvalue weighted by Crippen LogP contribution is 2.37. The Morgan fingerprint density at radius 3 is 2.52 bits per heavy atom. The Morgan fingerprint density at radius 2 is 1.96 bits per heavy atom. The second kappa shape index (κ2) is 8.45. The minimum absolute atomic E-state index is 0.00488. The lowest BCUT2D eigenvalue weighted by molar-refractivity contribution is -0.384. The van der Waals surface area contributed by atoms with Gasteiger partial charge < -0.3 is 14.8 Å². The van der Waals surface area contributed by atoms with Crippen LogP contribution in [0.2, 0.25) is 5.02 Å². The Labute approximate surface area is 158 Å². The second-order valence-corrected chi connectivity index (χ2v) is 6.02. The van der Waals surface area contributed by atoms with Gasteiger partial charge in [-0.1, -0.05) is 11.6 Å². The largest absolute Gasteiger partial charge is 0.456 e. The lowest BCUT2D eigenvalue weighted by Gasteiger charge is -2.14. The van der Waals surface area contributed by atoms with E-state index in [1.54, 1.807) is 6.92 Å². The molecule has 1 unspecified atom stereocenters. The number of nitrogens with one attached hydrogen (secondary N) is 1.